The first-order chi connectivity index (χ1) is 12.6. The first-order valence-corrected chi connectivity index (χ1v) is 9.80. The number of hydrogen-bond donors (Lipinski definition) is 10. The van der Waals surface area contributed by atoms with Crippen molar-refractivity contribution in [2.75, 3.05) is 32.8 Å². The maximum absolute atomic E-state index is 11.6. The minimum atomic E-state index is -1.22. The SMILES string of the molecule is O=C(O)C(S)C(S)C(=O)NCCNCNCCNC(=O)C(S)C(S)C(=O)O. The van der Waals surface area contributed by atoms with E-state index in [1.807, 2.05) is 0 Å². The van der Waals surface area contributed by atoms with E-state index in [9.17, 15) is 19.2 Å². The van der Waals surface area contributed by atoms with Crippen LogP contribution in [-0.4, -0.2) is 87.8 Å². The summed E-state index contributed by atoms with van der Waals surface area (Å²) in [5.41, 5.74) is 0. The van der Waals surface area contributed by atoms with Crippen molar-refractivity contribution in [1.82, 2.24) is 21.3 Å². The van der Waals surface area contributed by atoms with Gasteiger partial charge >= 0.3 is 11.9 Å². The third kappa shape index (κ3) is 10.9. The van der Waals surface area contributed by atoms with Crippen LogP contribution >= 0.6 is 50.5 Å². The van der Waals surface area contributed by atoms with Crippen molar-refractivity contribution in [2.24, 2.45) is 0 Å². The topological polar surface area (TPSA) is 157 Å². The van der Waals surface area contributed by atoms with Crippen LogP contribution in [0, 0.1) is 0 Å². The number of nitrogens with one attached hydrogen (secondary N) is 4. The Labute approximate surface area is 178 Å². The van der Waals surface area contributed by atoms with Gasteiger partial charge in [-0.3, -0.25) is 19.2 Å². The van der Waals surface area contributed by atoms with Crippen molar-refractivity contribution in [3.8, 4) is 0 Å². The maximum Gasteiger partial charge on any atom is 0.318 e. The molecule has 4 atom stereocenters. The van der Waals surface area contributed by atoms with Crippen LogP contribution in [0.3, 0.4) is 0 Å². The molecule has 0 aromatic carbocycles. The fourth-order valence-corrected chi connectivity index (χ4v) is 2.29. The molecule has 0 saturated carbocycles. The van der Waals surface area contributed by atoms with Gasteiger partial charge < -0.3 is 31.5 Å². The molecule has 0 saturated heterocycles. The summed E-state index contributed by atoms with van der Waals surface area (Å²) in [5.74, 6) is -3.49. The summed E-state index contributed by atoms with van der Waals surface area (Å²) in [6.07, 6.45) is 0. The highest BCUT2D eigenvalue weighted by Crippen LogP contribution is 2.10. The summed E-state index contributed by atoms with van der Waals surface area (Å²) in [6.45, 7) is 1.79. The predicted molar refractivity (Wildman–Crippen MR) is 113 cm³/mol. The number of amides is 2. The van der Waals surface area contributed by atoms with Crippen LogP contribution in [0.1, 0.15) is 0 Å². The first-order valence-electron chi connectivity index (χ1n) is 7.74. The van der Waals surface area contributed by atoms with Gasteiger partial charge in [-0.1, -0.05) is 0 Å². The van der Waals surface area contributed by atoms with Crippen molar-refractivity contribution >= 4 is 74.3 Å². The second-order valence-electron chi connectivity index (χ2n) is 5.21. The quantitative estimate of drug-likeness (QED) is 0.0789. The van der Waals surface area contributed by atoms with E-state index in [4.69, 9.17) is 10.2 Å². The van der Waals surface area contributed by atoms with Gasteiger partial charge in [0.15, 0.2) is 0 Å². The zero-order valence-electron chi connectivity index (χ0n) is 14.2. The minimum absolute atomic E-state index is 0.272. The lowest BCUT2D eigenvalue weighted by Crippen LogP contribution is -2.44. The number of thiol groups is 4. The number of hydrogen-bond acceptors (Lipinski definition) is 10. The van der Waals surface area contributed by atoms with E-state index in [1.165, 1.54) is 0 Å². The van der Waals surface area contributed by atoms with Crippen LogP contribution in [0.15, 0.2) is 0 Å². The standard InChI is InChI=1S/C13H24N4O6S4/c18-10(6(24)8(26)12(20)21)16-3-1-14-5-15-2-4-17-11(19)7(25)9(27)13(22)23/h6-9,14-15,24-27H,1-5H2,(H,16,18)(H,17,19)(H,20,21)(H,22,23). The molecule has 27 heavy (non-hydrogen) atoms. The van der Waals surface area contributed by atoms with Crippen molar-refractivity contribution in [1.29, 1.82) is 0 Å². The molecule has 0 aliphatic rings. The molecule has 0 spiro atoms. The van der Waals surface area contributed by atoms with Crippen LogP contribution in [0.25, 0.3) is 0 Å². The highest BCUT2D eigenvalue weighted by Gasteiger charge is 2.28. The van der Waals surface area contributed by atoms with Gasteiger partial charge in [-0.2, -0.15) is 50.5 Å². The molecule has 156 valence electrons. The summed E-state index contributed by atoms with van der Waals surface area (Å²) in [4.78, 5) is 44.7. The van der Waals surface area contributed by atoms with E-state index in [1.54, 1.807) is 0 Å². The van der Waals surface area contributed by atoms with Crippen molar-refractivity contribution in [2.45, 2.75) is 21.0 Å². The molecule has 0 fully saturated rings. The third-order valence-corrected chi connectivity index (χ3v) is 5.67. The number of rotatable bonds is 14. The van der Waals surface area contributed by atoms with E-state index in [2.05, 4.69) is 71.8 Å². The number of carboxylic acid groups (broad SMARTS) is 2. The zero-order chi connectivity index (χ0) is 21.0. The Bertz CT molecular complexity index is 483. The van der Waals surface area contributed by atoms with Gasteiger partial charge in [0.1, 0.15) is 21.0 Å². The van der Waals surface area contributed by atoms with Gasteiger partial charge in [0.05, 0.1) is 0 Å². The summed E-state index contributed by atoms with van der Waals surface area (Å²) in [6, 6.07) is 0. The predicted octanol–water partition coefficient (Wildman–Crippen LogP) is -2.28. The summed E-state index contributed by atoms with van der Waals surface area (Å²) in [5, 5.41) is 24.0. The highest BCUT2D eigenvalue weighted by atomic mass is 32.1. The Morgan fingerprint density at radius 3 is 1.26 bits per heavy atom. The maximum atomic E-state index is 11.6. The largest absolute Gasteiger partial charge is 0.480 e. The van der Waals surface area contributed by atoms with Crippen LogP contribution in [0.5, 0.6) is 0 Å². The minimum Gasteiger partial charge on any atom is -0.480 e. The average Bonchev–Trinajstić information content (AvgIpc) is 2.63. The van der Waals surface area contributed by atoms with Crippen LogP contribution < -0.4 is 21.3 Å². The summed E-state index contributed by atoms with van der Waals surface area (Å²) < 4.78 is 0. The molecule has 10 nitrogen and oxygen atoms in total. The Morgan fingerprint density at radius 1 is 0.630 bits per heavy atom. The molecule has 0 aromatic rings. The zero-order valence-corrected chi connectivity index (χ0v) is 17.7. The molecule has 0 heterocycles. The molecule has 0 aliphatic heterocycles. The first kappa shape index (κ1) is 26.2. The molecular formula is C13H24N4O6S4. The van der Waals surface area contributed by atoms with Gasteiger partial charge in [-0.15, -0.1) is 0 Å². The summed E-state index contributed by atoms with van der Waals surface area (Å²) >= 11 is 15.4. The average molecular weight is 461 g/mol. The van der Waals surface area contributed by atoms with Crippen LogP contribution in [0.4, 0.5) is 0 Å². The second-order valence-corrected chi connectivity index (χ2v) is 7.44. The molecule has 6 N–H and O–H groups in total. The lowest BCUT2D eigenvalue weighted by molar-refractivity contribution is -0.138. The van der Waals surface area contributed by atoms with E-state index >= 15 is 0 Å². The fourth-order valence-electron chi connectivity index (χ4n) is 1.58. The Morgan fingerprint density at radius 2 is 0.963 bits per heavy atom. The molecular weight excluding hydrogens is 436 g/mol. The van der Waals surface area contributed by atoms with E-state index in [0.717, 1.165) is 0 Å². The second kappa shape index (κ2) is 14.2. The highest BCUT2D eigenvalue weighted by molar-refractivity contribution is 7.86. The molecule has 0 bridgehead atoms. The molecule has 14 heteroatoms. The number of aliphatic carboxylic acids is 2. The number of carbonyl (C=O) groups is 4. The number of carbonyl (C=O) groups excluding carboxylic acids is 2. The molecule has 4 unspecified atom stereocenters. The van der Waals surface area contributed by atoms with Crippen molar-refractivity contribution < 1.29 is 29.4 Å². The van der Waals surface area contributed by atoms with E-state index in [0.29, 0.717) is 19.8 Å². The smallest absolute Gasteiger partial charge is 0.318 e. The Hall–Kier alpha value is -0.800. The van der Waals surface area contributed by atoms with Crippen molar-refractivity contribution in [3.05, 3.63) is 0 Å². The number of carboxylic acids is 2. The molecule has 0 aromatic heterocycles. The third-order valence-electron chi connectivity index (χ3n) is 3.09. The van der Waals surface area contributed by atoms with Crippen LogP contribution in [-0.2, 0) is 19.2 Å². The summed E-state index contributed by atoms with van der Waals surface area (Å²) in [7, 11) is 0. The Kier molecular flexibility index (Phi) is 13.8. The lowest BCUT2D eigenvalue weighted by Gasteiger charge is -2.15. The normalized spacial score (nSPS) is 15.3. The Balaban J connectivity index is 3.71. The van der Waals surface area contributed by atoms with Gasteiger partial charge in [-0.05, 0) is 0 Å². The van der Waals surface area contributed by atoms with Gasteiger partial charge in [-0.25, -0.2) is 0 Å². The molecule has 2 amide bonds. The fraction of sp³-hybridized carbons (Fsp3) is 0.692. The van der Waals surface area contributed by atoms with Gasteiger partial charge in [0.2, 0.25) is 11.8 Å². The van der Waals surface area contributed by atoms with Gasteiger partial charge in [0, 0.05) is 32.8 Å². The molecule has 0 radical (unpaired) electrons. The van der Waals surface area contributed by atoms with Crippen molar-refractivity contribution in [3.63, 3.8) is 0 Å². The monoisotopic (exact) mass is 460 g/mol. The lowest BCUT2D eigenvalue weighted by atomic mass is 10.3. The van der Waals surface area contributed by atoms with Crippen LogP contribution in [0.2, 0.25) is 0 Å². The van der Waals surface area contributed by atoms with Gasteiger partial charge in [0.25, 0.3) is 0 Å². The van der Waals surface area contributed by atoms with E-state index < -0.39 is 44.8 Å². The molecule has 0 aliphatic carbocycles. The molecule has 0 rings (SSSR count). The van der Waals surface area contributed by atoms with E-state index in [-0.39, 0.29) is 13.1 Å².